The molecule has 2 heterocycles. The first-order valence-electron chi connectivity index (χ1n) is 8.76. The van der Waals surface area contributed by atoms with Crippen LogP contribution >= 0.6 is 0 Å². The van der Waals surface area contributed by atoms with Gasteiger partial charge in [0.15, 0.2) is 0 Å². The van der Waals surface area contributed by atoms with Crippen molar-refractivity contribution in [3.63, 3.8) is 0 Å². The third-order valence-electron chi connectivity index (χ3n) is 4.61. The molecule has 1 aliphatic rings. The summed E-state index contributed by atoms with van der Waals surface area (Å²) < 4.78 is 5.84. The van der Waals surface area contributed by atoms with Crippen molar-refractivity contribution in [1.82, 2.24) is 9.88 Å². The highest BCUT2D eigenvalue weighted by Crippen LogP contribution is 2.22. The molecule has 9 heteroatoms. The van der Waals surface area contributed by atoms with Gasteiger partial charge >= 0.3 is 5.97 Å². The second kappa shape index (κ2) is 8.03. The lowest BCUT2D eigenvalue weighted by molar-refractivity contribution is -0.384. The summed E-state index contributed by atoms with van der Waals surface area (Å²) in [6.07, 6.45) is 1.15. The number of benzene rings is 1. The number of carbonyl (C=O) groups excluding carboxylic acids is 1. The summed E-state index contributed by atoms with van der Waals surface area (Å²) in [5.74, 6) is -0.765. The lowest BCUT2D eigenvalue weighted by Crippen LogP contribution is -2.42. The Morgan fingerprint density at radius 1 is 1.18 bits per heavy atom. The van der Waals surface area contributed by atoms with Gasteiger partial charge in [0, 0.05) is 38.1 Å². The Hall–Kier alpha value is -3.49. The Kier molecular flexibility index (Phi) is 5.53. The molecule has 1 aliphatic heterocycles. The molecule has 0 bridgehead atoms. The molecular formula is C19H19N3O6. The number of carbonyl (C=O) groups is 2. The summed E-state index contributed by atoms with van der Waals surface area (Å²) in [6.45, 7) is 2.53. The molecule has 1 N–H and O–H groups in total. The number of amides is 1. The number of hydrogen-bond acceptors (Lipinski definition) is 6. The average Bonchev–Trinajstić information content (AvgIpc) is 2.68. The maximum Gasteiger partial charge on any atom is 0.337 e. The Labute approximate surface area is 160 Å². The minimum Gasteiger partial charge on any atom is -0.490 e. The highest BCUT2D eigenvalue weighted by molar-refractivity contribution is 5.94. The zero-order chi connectivity index (χ0) is 20.3. The molecule has 2 aromatic rings. The molecular weight excluding hydrogens is 366 g/mol. The van der Waals surface area contributed by atoms with Crippen LogP contribution in [0.3, 0.4) is 0 Å². The number of pyridine rings is 1. The van der Waals surface area contributed by atoms with E-state index in [9.17, 15) is 19.7 Å². The van der Waals surface area contributed by atoms with Crippen molar-refractivity contribution in [2.75, 3.05) is 13.1 Å². The first-order valence-corrected chi connectivity index (χ1v) is 8.76. The normalized spacial score (nSPS) is 14.5. The largest absolute Gasteiger partial charge is 0.490 e. The van der Waals surface area contributed by atoms with Crippen molar-refractivity contribution in [2.24, 2.45) is 0 Å². The van der Waals surface area contributed by atoms with E-state index >= 15 is 0 Å². The summed E-state index contributed by atoms with van der Waals surface area (Å²) >= 11 is 0. The predicted octanol–water partition coefficient (Wildman–Crippen LogP) is 2.68. The van der Waals surface area contributed by atoms with E-state index in [2.05, 4.69) is 4.98 Å². The average molecular weight is 385 g/mol. The van der Waals surface area contributed by atoms with Crippen LogP contribution in [0.2, 0.25) is 0 Å². The second-order valence-corrected chi connectivity index (χ2v) is 6.50. The minimum atomic E-state index is -1.08. The monoisotopic (exact) mass is 385 g/mol. The second-order valence-electron chi connectivity index (χ2n) is 6.50. The van der Waals surface area contributed by atoms with Crippen molar-refractivity contribution >= 4 is 17.6 Å². The summed E-state index contributed by atoms with van der Waals surface area (Å²) in [4.78, 5) is 39.7. The molecule has 0 aliphatic carbocycles. The molecule has 3 rings (SSSR count). The van der Waals surface area contributed by atoms with Gasteiger partial charge in [-0.1, -0.05) is 0 Å². The SMILES string of the molecule is Cc1nc(C(=O)N2CCC(Oc3ccc([N+](=O)[O-])cc3)CC2)ccc1C(=O)O. The third kappa shape index (κ3) is 4.25. The van der Waals surface area contributed by atoms with E-state index in [-0.39, 0.29) is 29.0 Å². The molecule has 0 unspecified atom stereocenters. The molecule has 0 spiro atoms. The van der Waals surface area contributed by atoms with Gasteiger partial charge in [-0.2, -0.15) is 0 Å². The fraction of sp³-hybridized carbons (Fsp3) is 0.316. The van der Waals surface area contributed by atoms with Gasteiger partial charge in [-0.3, -0.25) is 14.9 Å². The van der Waals surface area contributed by atoms with E-state index in [0.29, 0.717) is 37.4 Å². The number of aromatic nitrogens is 1. The van der Waals surface area contributed by atoms with Gasteiger partial charge in [0.2, 0.25) is 0 Å². The molecule has 1 aromatic carbocycles. The number of carboxylic acids is 1. The van der Waals surface area contributed by atoms with Gasteiger partial charge in [0.25, 0.3) is 11.6 Å². The Morgan fingerprint density at radius 3 is 2.36 bits per heavy atom. The van der Waals surface area contributed by atoms with E-state index < -0.39 is 10.9 Å². The lowest BCUT2D eigenvalue weighted by Gasteiger charge is -2.32. The number of aromatic carboxylic acids is 1. The van der Waals surface area contributed by atoms with Crippen molar-refractivity contribution in [3.8, 4) is 5.75 Å². The van der Waals surface area contributed by atoms with Crippen molar-refractivity contribution < 1.29 is 24.4 Å². The third-order valence-corrected chi connectivity index (χ3v) is 4.61. The van der Waals surface area contributed by atoms with Crippen LogP contribution in [0.15, 0.2) is 36.4 Å². The van der Waals surface area contributed by atoms with Crippen LogP contribution in [0.5, 0.6) is 5.75 Å². The number of carboxylic acid groups (broad SMARTS) is 1. The summed E-state index contributed by atoms with van der Waals surface area (Å²) in [6, 6.07) is 8.73. The quantitative estimate of drug-likeness (QED) is 0.620. The molecule has 146 valence electrons. The van der Waals surface area contributed by atoms with Crippen LogP contribution in [0.25, 0.3) is 0 Å². The lowest BCUT2D eigenvalue weighted by atomic mass is 10.1. The van der Waals surface area contributed by atoms with Gasteiger partial charge in [-0.05, 0) is 31.2 Å². The molecule has 1 saturated heterocycles. The zero-order valence-electron chi connectivity index (χ0n) is 15.2. The number of non-ortho nitro benzene ring substituents is 1. The van der Waals surface area contributed by atoms with Gasteiger partial charge in [-0.15, -0.1) is 0 Å². The summed E-state index contributed by atoms with van der Waals surface area (Å²) in [5, 5.41) is 19.7. The van der Waals surface area contributed by atoms with Crippen LogP contribution in [0, 0.1) is 17.0 Å². The van der Waals surface area contributed by atoms with Crippen molar-refractivity contribution in [3.05, 3.63) is 63.5 Å². The number of piperidine rings is 1. The molecule has 9 nitrogen and oxygen atoms in total. The fourth-order valence-electron chi connectivity index (χ4n) is 3.08. The maximum atomic E-state index is 12.6. The number of hydrogen-bond donors (Lipinski definition) is 1. The highest BCUT2D eigenvalue weighted by Gasteiger charge is 2.26. The Morgan fingerprint density at radius 2 is 1.82 bits per heavy atom. The summed E-state index contributed by atoms with van der Waals surface area (Å²) in [5.41, 5.74) is 0.600. The van der Waals surface area contributed by atoms with Crippen LogP contribution < -0.4 is 4.74 Å². The number of nitro groups is 1. The van der Waals surface area contributed by atoms with Gasteiger partial charge < -0.3 is 14.7 Å². The highest BCUT2D eigenvalue weighted by atomic mass is 16.6. The molecule has 28 heavy (non-hydrogen) atoms. The minimum absolute atomic E-state index is 0.00414. The molecule has 0 radical (unpaired) electrons. The number of ether oxygens (including phenoxy) is 1. The number of rotatable bonds is 5. The van der Waals surface area contributed by atoms with E-state index in [1.165, 1.54) is 24.3 Å². The molecule has 1 aromatic heterocycles. The summed E-state index contributed by atoms with van der Waals surface area (Å²) in [7, 11) is 0. The number of likely N-dealkylation sites (tertiary alicyclic amines) is 1. The van der Waals surface area contributed by atoms with Gasteiger partial charge in [-0.25, -0.2) is 9.78 Å². The van der Waals surface area contributed by atoms with Crippen LogP contribution in [0.4, 0.5) is 5.69 Å². The number of nitro benzene ring substituents is 1. The molecule has 0 saturated carbocycles. The van der Waals surface area contributed by atoms with E-state index in [0.717, 1.165) is 0 Å². The van der Waals surface area contributed by atoms with E-state index in [4.69, 9.17) is 9.84 Å². The van der Waals surface area contributed by atoms with Crippen molar-refractivity contribution in [2.45, 2.75) is 25.9 Å². The topological polar surface area (TPSA) is 123 Å². The Balaban J connectivity index is 1.57. The van der Waals surface area contributed by atoms with Crippen molar-refractivity contribution in [1.29, 1.82) is 0 Å². The van der Waals surface area contributed by atoms with Crippen LogP contribution in [0.1, 0.15) is 39.4 Å². The van der Waals surface area contributed by atoms with Crippen LogP contribution in [-0.2, 0) is 0 Å². The standard InChI is InChI=1S/C19H19N3O6/c1-12-16(19(24)25)6-7-17(20-12)18(23)21-10-8-15(9-11-21)28-14-4-2-13(3-5-14)22(26)27/h2-7,15H,8-11H2,1H3,(H,24,25). The first kappa shape index (κ1) is 19.3. The fourth-order valence-corrected chi connectivity index (χ4v) is 3.08. The first-order chi connectivity index (χ1) is 13.3. The van der Waals surface area contributed by atoms with E-state index in [1.54, 1.807) is 24.0 Å². The van der Waals surface area contributed by atoms with Gasteiger partial charge in [0.05, 0.1) is 16.2 Å². The van der Waals surface area contributed by atoms with Gasteiger partial charge in [0.1, 0.15) is 17.5 Å². The maximum absolute atomic E-state index is 12.6. The molecule has 1 amide bonds. The van der Waals surface area contributed by atoms with E-state index in [1.807, 2.05) is 0 Å². The zero-order valence-corrected chi connectivity index (χ0v) is 15.2. The Bertz CT molecular complexity index is 904. The smallest absolute Gasteiger partial charge is 0.337 e. The molecule has 1 fully saturated rings. The molecule has 0 atom stereocenters. The predicted molar refractivity (Wildman–Crippen MR) is 98.6 cm³/mol. The number of aryl methyl sites for hydroxylation is 1. The van der Waals surface area contributed by atoms with Crippen LogP contribution in [-0.4, -0.2) is 51.0 Å². The number of nitrogens with zero attached hydrogens (tertiary/aromatic N) is 3.